The van der Waals surface area contributed by atoms with Crippen molar-refractivity contribution in [3.8, 4) is 0 Å². The second-order valence-corrected chi connectivity index (χ2v) is 8.80. The van der Waals surface area contributed by atoms with Crippen molar-refractivity contribution >= 4 is 29.2 Å². The fourth-order valence-corrected chi connectivity index (χ4v) is 3.93. The molecule has 1 aliphatic carbocycles. The van der Waals surface area contributed by atoms with E-state index in [0.29, 0.717) is 25.2 Å². The van der Waals surface area contributed by atoms with E-state index in [1.807, 2.05) is 36.1 Å². The minimum atomic E-state index is -0.235. The SMILES string of the molecule is Cc1ccc(NC(=O)NCC2CCCN(C(=O)c3ccc(NC(=O)C4CC4)cc3)C2)cc1. The highest BCUT2D eigenvalue weighted by atomic mass is 16.2. The largest absolute Gasteiger partial charge is 0.338 e. The number of amides is 4. The Hall–Kier alpha value is -3.35. The van der Waals surface area contributed by atoms with Gasteiger partial charge < -0.3 is 20.9 Å². The first-order valence-electron chi connectivity index (χ1n) is 11.3. The summed E-state index contributed by atoms with van der Waals surface area (Å²) in [5.74, 6) is 0.406. The number of rotatable bonds is 6. The maximum absolute atomic E-state index is 12.9. The van der Waals surface area contributed by atoms with E-state index in [2.05, 4.69) is 16.0 Å². The van der Waals surface area contributed by atoms with E-state index in [1.165, 1.54) is 0 Å². The van der Waals surface area contributed by atoms with Crippen molar-refractivity contribution in [1.29, 1.82) is 0 Å². The second kappa shape index (κ2) is 9.85. The van der Waals surface area contributed by atoms with E-state index in [4.69, 9.17) is 0 Å². The van der Waals surface area contributed by atoms with Crippen LogP contribution in [0.3, 0.4) is 0 Å². The van der Waals surface area contributed by atoms with E-state index in [1.54, 1.807) is 24.3 Å². The van der Waals surface area contributed by atoms with Crippen molar-refractivity contribution in [2.24, 2.45) is 11.8 Å². The first-order chi connectivity index (χ1) is 15.5. The minimum Gasteiger partial charge on any atom is -0.338 e. The first-order valence-corrected chi connectivity index (χ1v) is 11.3. The zero-order chi connectivity index (χ0) is 22.5. The lowest BCUT2D eigenvalue weighted by atomic mass is 9.97. The van der Waals surface area contributed by atoms with Gasteiger partial charge in [-0.15, -0.1) is 0 Å². The van der Waals surface area contributed by atoms with E-state index < -0.39 is 0 Å². The molecule has 1 aliphatic heterocycles. The van der Waals surface area contributed by atoms with Gasteiger partial charge in [0.25, 0.3) is 5.91 Å². The molecule has 168 valence electrons. The molecule has 4 amide bonds. The molecule has 2 fully saturated rings. The summed E-state index contributed by atoms with van der Waals surface area (Å²) < 4.78 is 0. The van der Waals surface area contributed by atoms with Crippen molar-refractivity contribution in [1.82, 2.24) is 10.2 Å². The molecule has 0 aromatic heterocycles. The number of carbonyl (C=O) groups is 3. The monoisotopic (exact) mass is 434 g/mol. The standard InChI is InChI=1S/C25H30N4O3/c1-17-4-10-22(11-5-17)28-25(32)26-15-18-3-2-14-29(16-18)24(31)20-8-12-21(13-9-20)27-23(30)19-6-7-19/h4-5,8-13,18-19H,2-3,6-7,14-16H2,1H3,(H,27,30)(H2,26,28,32). The van der Waals surface area contributed by atoms with Gasteiger partial charge in [-0.3, -0.25) is 9.59 Å². The number of likely N-dealkylation sites (tertiary alicyclic amines) is 1. The third-order valence-electron chi connectivity index (χ3n) is 6.01. The lowest BCUT2D eigenvalue weighted by Gasteiger charge is -2.33. The van der Waals surface area contributed by atoms with Crippen LogP contribution < -0.4 is 16.0 Å². The number of hydrogen-bond donors (Lipinski definition) is 3. The number of urea groups is 1. The molecule has 7 nitrogen and oxygen atoms in total. The Morgan fingerprint density at radius 3 is 2.25 bits per heavy atom. The molecule has 3 N–H and O–H groups in total. The van der Waals surface area contributed by atoms with Crippen LogP contribution in [0.4, 0.5) is 16.2 Å². The van der Waals surface area contributed by atoms with Crippen molar-refractivity contribution in [2.75, 3.05) is 30.3 Å². The Labute approximate surface area is 188 Å². The maximum atomic E-state index is 12.9. The van der Waals surface area contributed by atoms with Crippen molar-refractivity contribution in [3.63, 3.8) is 0 Å². The fraction of sp³-hybridized carbons (Fsp3) is 0.400. The van der Waals surface area contributed by atoms with Crippen molar-refractivity contribution in [2.45, 2.75) is 32.6 Å². The molecule has 0 spiro atoms. The predicted molar refractivity (Wildman–Crippen MR) is 125 cm³/mol. The van der Waals surface area contributed by atoms with Gasteiger partial charge >= 0.3 is 6.03 Å². The quantitative estimate of drug-likeness (QED) is 0.641. The Kier molecular flexibility index (Phi) is 6.73. The van der Waals surface area contributed by atoms with Gasteiger partial charge in [-0.1, -0.05) is 17.7 Å². The molecule has 2 aromatic carbocycles. The summed E-state index contributed by atoms with van der Waals surface area (Å²) in [7, 11) is 0. The number of nitrogens with one attached hydrogen (secondary N) is 3. The molecule has 2 aromatic rings. The van der Waals surface area contributed by atoms with Crippen molar-refractivity contribution in [3.05, 3.63) is 59.7 Å². The lowest BCUT2D eigenvalue weighted by molar-refractivity contribution is -0.117. The second-order valence-electron chi connectivity index (χ2n) is 8.80. The van der Waals surface area contributed by atoms with Gasteiger partial charge in [-0.2, -0.15) is 0 Å². The third-order valence-corrected chi connectivity index (χ3v) is 6.01. The Morgan fingerprint density at radius 1 is 0.906 bits per heavy atom. The van der Waals surface area contributed by atoms with Gasteiger partial charge in [0.2, 0.25) is 5.91 Å². The van der Waals surface area contributed by atoms with E-state index in [-0.39, 0.29) is 29.7 Å². The zero-order valence-electron chi connectivity index (χ0n) is 18.4. The van der Waals surface area contributed by atoms with Gasteiger partial charge in [0.15, 0.2) is 0 Å². The fourth-order valence-electron chi connectivity index (χ4n) is 3.93. The number of anilines is 2. The van der Waals surface area contributed by atoms with Crippen LogP contribution in [0.15, 0.2) is 48.5 Å². The Morgan fingerprint density at radius 2 is 1.56 bits per heavy atom. The Bertz CT molecular complexity index is 968. The Balaban J connectivity index is 1.25. The molecule has 7 heteroatoms. The van der Waals surface area contributed by atoms with Gasteiger partial charge in [-0.05, 0) is 74.9 Å². The number of benzene rings is 2. The van der Waals surface area contributed by atoms with Gasteiger partial charge in [0, 0.05) is 42.5 Å². The summed E-state index contributed by atoms with van der Waals surface area (Å²) in [6.45, 7) is 3.85. The highest BCUT2D eigenvalue weighted by Crippen LogP contribution is 2.30. The molecule has 1 saturated heterocycles. The molecule has 2 aliphatic rings. The molecule has 0 bridgehead atoms. The first kappa shape index (κ1) is 21.9. The molecule has 1 saturated carbocycles. The average molecular weight is 435 g/mol. The normalized spacial score (nSPS) is 18.0. The van der Waals surface area contributed by atoms with E-state index >= 15 is 0 Å². The van der Waals surface area contributed by atoms with Crippen LogP contribution in [0.2, 0.25) is 0 Å². The lowest BCUT2D eigenvalue weighted by Crippen LogP contribution is -2.44. The third kappa shape index (κ3) is 5.87. The molecular weight excluding hydrogens is 404 g/mol. The van der Waals surface area contributed by atoms with Crippen molar-refractivity contribution < 1.29 is 14.4 Å². The number of aryl methyl sites for hydroxylation is 1. The van der Waals surface area contributed by atoms with Crippen LogP contribution in [0.5, 0.6) is 0 Å². The summed E-state index contributed by atoms with van der Waals surface area (Å²) in [5.41, 5.74) is 3.23. The van der Waals surface area contributed by atoms with Crippen LogP contribution in [0.25, 0.3) is 0 Å². The number of piperidine rings is 1. The predicted octanol–water partition coefficient (Wildman–Crippen LogP) is 4.02. The summed E-state index contributed by atoms with van der Waals surface area (Å²) in [4.78, 5) is 38.9. The van der Waals surface area contributed by atoms with Gasteiger partial charge in [0.05, 0.1) is 0 Å². The number of carbonyl (C=O) groups excluding carboxylic acids is 3. The number of hydrogen-bond acceptors (Lipinski definition) is 3. The van der Waals surface area contributed by atoms with Crippen LogP contribution in [-0.4, -0.2) is 42.4 Å². The summed E-state index contributed by atoms with van der Waals surface area (Å²) in [5, 5.41) is 8.66. The van der Waals surface area contributed by atoms with Crippen LogP contribution >= 0.6 is 0 Å². The van der Waals surface area contributed by atoms with E-state index in [0.717, 1.165) is 42.6 Å². The van der Waals surface area contributed by atoms with Gasteiger partial charge in [0.1, 0.15) is 0 Å². The highest BCUT2D eigenvalue weighted by Gasteiger charge is 2.29. The zero-order valence-corrected chi connectivity index (χ0v) is 18.4. The minimum absolute atomic E-state index is 0.0149. The molecule has 1 unspecified atom stereocenters. The highest BCUT2D eigenvalue weighted by molar-refractivity contribution is 5.97. The summed E-state index contributed by atoms with van der Waals surface area (Å²) in [6.07, 6.45) is 3.80. The number of nitrogens with zero attached hydrogens (tertiary/aromatic N) is 1. The maximum Gasteiger partial charge on any atom is 0.319 e. The molecule has 1 atom stereocenters. The van der Waals surface area contributed by atoms with Crippen LogP contribution in [0.1, 0.15) is 41.6 Å². The smallest absolute Gasteiger partial charge is 0.319 e. The molecule has 32 heavy (non-hydrogen) atoms. The van der Waals surface area contributed by atoms with E-state index in [9.17, 15) is 14.4 Å². The average Bonchev–Trinajstić information content (AvgIpc) is 3.65. The van der Waals surface area contributed by atoms with Crippen LogP contribution in [0, 0.1) is 18.8 Å². The summed E-state index contributed by atoms with van der Waals surface area (Å²) in [6, 6.07) is 14.5. The summed E-state index contributed by atoms with van der Waals surface area (Å²) >= 11 is 0. The van der Waals surface area contributed by atoms with Gasteiger partial charge in [-0.25, -0.2) is 4.79 Å². The molecular formula is C25H30N4O3. The van der Waals surface area contributed by atoms with Crippen LogP contribution in [-0.2, 0) is 4.79 Å². The molecule has 0 radical (unpaired) electrons. The molecule has 4 rings (SSSR count). The molecule has 1 heterocycles. The topological polar surface area (TPSA) is 90.5 Å².